The van der Waals surface area contributed by atoms with Crippen LogP contribution < -0.4 is 5.32 Å². The highest BCUT2D eigenvalue weighted by molar-refractivity contribution is 5.77. The van der Waals surface area contributed by atoms with Crippen molar-refractivity contribution in [2.45, 2.75) is 34.6 Å². The lowest BCUT2D eigenvalue weighted by atomic mass is 10.3. The highest BCUT2D eigenvalue weighted by Gasteiger charge is 2.37. The zero-order chi connectivity index (χ0) is 20.7. The first-order chi connectivity index (χ1) is 12.5. The first kappa shape index (κ1) is 21.5. The van der Waals surface area contributed by atoms with Crippen LogP contribution in [0.25, 0.3) is 0 Å². The molecule has 0 aromatic heterocycles. The van der Waals surface area contributed by atoms with Gasteiger partial charge in [0.15, 0.2) is 5.70 Å². The highest BCUT2D eigenvalue weighted by Crippen LogP contribution is 2.30. The van der Waals surface area contributed by atoms with Crippen LogP contribution >= 0.6 is 0 Å². The smallest absolute Gasteiger partial charge is 0.342 e. The molecule has 1 aliphatic rings. The SMILES string of the molecule is CC(=O)NC1=C(OC(C)=O)ON(COC(C)=O)C(OC(C)=O)=C1OC(C)=O. The van der Waals surface area contributed by atoms with Gasteiger partial charge in [-0.25, -0.2) is 0 Å². The molecule has 0 bridgehead atoms. The Balaban J connectivity index is 3.56. The molecule has 1 heterocycles. The number of ether oxygens (including phenoxy) is 4. The Morgan fingerprint density at radius 1 is 0.852 bits per heavy atom. The summed E-state index contributed by atoms with van der Waals surface area (Å²) in [5.41, 5.74) is -0.386. The number of esters is 4. The second-order valence-corrected chi connectivity index (χ2v) is 4.99. The number of carbonyl (C=O) groups is 5. The third-order valence-corrected chi connectivity index (χ3v) is 2.45. The van der Waals surface area contributed by atoms with Crippen molar-refractivity contribution in [3.8, 4) is 0 Å². The summed E-state index contributed by atoms with van der Waals surface area (Å²) in [6.45, 7) is 4.75. The standard InChI is InChI=1S/C15H18N2O10/c1-7(18)16-12-13(24-9(3)20)14(25-10(4)21)17(6-23-8(2)19)27-15(12)26-11(5)22/h6H2,1-5H3,(H,16,18). The molecule has 0 aliphatic carbocycles. The predicted octanol–water partition coefficient (Wildman–Crippen LogP) is -0.0822. The van der Waals surface area contributed by atoms with Crippen molar-refractivity contribution < 1.29 is 47.8 Å². The maximum atomic E-state index is 11.5. The van der Waals surface area contributed by atoms with Crippen molar-refractivity contribution in [1.29, 1.82) is 0 Å². The quantitative estimate of drug-likeness (QED) is 0.483. The lowest BCUT2D eigenvalue weighted by Crippen LogP contribution is -2.39. The molecule has 12 heteroatoms. The fraction of sp³-hybridized carbons (Fsp3) is 0.400. The fourth-order valence-corrected chi connectivity index (χ4v) is 1.69. The van der Waals surface area contributed by atoms with E-state index in [1.165, 1.54) is 0 Å². The predicted molar refractivity (Wildman–Crippen MR) is 82.7 cm³/mol. The zero-order valence-electron chi connectivity index (χ0n) is 15.2. The topological polar surface area (TPSA) is 147 Å². The first-order valence-electron chi connectivity index (χ1n) is 7.41. The third kappa shape index (κ3) is 6.68. The summed E-state index contributed by atoms with van der Waals surface area (Å²) < 4.78 is 19.6. The first-order valence-corrected chi connectivity index (χ1v) is 7.41. The Morgan fingerprint density at radius 2 is 1.41 bits per heavy atom. The average Bonchev–Trinajstić information content (AvgIpc) is 2.49. The molecule has 0 radical (unpaired) electrons. The lowest BCUT2D eigenvalue weighted by Gasteiger charge is -2.31. The van der Waals surface area contributed by atoms with E-state index < -0.39 is 54.1 Å². The van der Waals surface area contributed by atoms with Gasteiger partial charge in [0.05, 0.1) is 0 Å². The maximum absolute atomic E-state index is 11.5. The van der Waals surface area contributed by atoms with Crippen LogP contribution in [0, 0.1) is 0 Å². The number of nitrogens with one attached hydrogen (secondary N) is 1. The van der Waals surface area contributed by atoms with Gasteiger partial charge >= 0.3 is 29.8 Å². The number of carbonyl (C=O) groups excluding carboxylic acids is 5. The van der Waals surface area contributed by atoms with Crippen molar-refractivity contribution in [3.63, 3.8) is 0 Å². The molecule has 0 aromatic carbocycles. The van der Waals surface area contributed by atoms with Crippen LogP contribution in [0.4, 0.5) is 0 Å². The van der Waals surface area contributed by atoms with Crippen molar-refractivity contribution >= 4 is 29.8 Å². The fourth-order valence-electron chi connectivity index (χ4n) is 1.69. The number of rotatable bonds is 6. The molecule has 1 amide bonds. The number of nitrogens with zero attached hydrogens (tertiary/aromatic N) is 1. The Hall–Kier alpha value is -3.57. The minimum absolute atomic E-state index is 0.386. The van der Waals surface area contributed by atoms with Gasteiger partial charge in [0.25, 0.3) is 5.88 Å². The monoisotopic (exact) mass is 386 g/mol. The van der Waals surface area contributed by atoms with Crippen LogP contribution in [-0.4, -0.2) is 41.6 Å². The highest BCUT2D eigenvalue weighted by atomic mass is 16.8. The summed E-state index contributed by atoms with van der Waals surface area (Å²) in [5, 5.41) is 2.94. The van der Waals surface area contributed by atoms with Crippen LogP contribution in [0.5, 0.6) is 0 Å². The van der Waals surface area contributed by atoms with E-state index in [-0.39, 0.29) is 5.70 Å². The molecule has 0 aromatic rings. The molecule has 0 saturated carbocycles. The molecule has 1 aliphatic heterocycles. The molecule has 0 saturated heterocycles. The Kier molecular flexibility index (Phi) is 7.33. The van der Waals surface area contributed by atoms with Crippen LogP contribution in [0.3, 0.4) is 0 Å². The molecule has 12 nitrogen and oxygen atoms in total. The van der Waals surface area contributed by atoms with Gasteiger partial charge in [0, 0.05) is 34.6 Å². The van der Waals surface area contributed by atoms with E-state index >= 15 is 0 Å². The van der Waals surface area contributed by atoms with Gasteiger partial charge in [-0.15, -0.1) is 5.06 Å². The summed E-state index contributed by atoms with van der Waals surface area (Å²) in [7, 11) is 0. The van der Waals surface area contributed by atoms with E-state index in [1.807, 2.05) is 0 Å². The van der Waals surface area contributed by atoms with E-state index in [9.17, 15) is 24.0 Å². The minimum Gasteiger partial charge on any atom is -0.441 e. The molecule has 27 heavy (non-hydrogen) atoms. The second-order valence-electron chi connectivity index (χ2n) is 4.99. The number of hydrogen-bond acceptors (Lipinski definition) is 11. The molecular weight excluding hydrogens is 368 g/mol. The summed E-state index contributed by atoms with van der Waals surface area (Å²) in [6, 6.07) is 0. The number of amides is 1. The summed E-state index contributed by atoms with van der Waals surface area (Å²) in [4.78, 5) is 62.1. The molecule has 0 unspecified atom stereocenters. The van der Waals surface area contributed by atoms with Gasteiger partial charge < -0.3 is 29.1 Å². The number of hydrogen-bond donors (Lipinski definition) is 1. The third-order valence-electron chi connectivity index (χ3n) is 2.45. The Labute approximate surface area is 153 Å². The minimum atomic E-state index is -0.853. The van der Waals surface area contributed by atoms with E-state index in [2.05, 4.69) is 5.32 Å². The Morgan fingerprint density at radius 3 is 1.85 bits per heavy atom. The normalized spacial score (nSPS) is 13.4. The van der Waals surface area contributed by atoms with Gasteiger partial charge in [-0.3, -0.25) is 24.0 Å². The van der Waals surface area contributed by atoms with Crippen LogP contribution in [-0.2, 0) is 47.8 Å². The largest absolute Gasteiger partial charge is 0.441 e. The summed E-state index contributed by atoms with van der Waals surface area (Å²) in [6.07, 6.45) is 0. The molecular formula is C15H18N2O10. The average molecular weight is 386 g/mol. The van der Waals surface area contributed by atoms with Crippen molar-refractivity contribution in [1.82, 2.24) is 10.4 Å². The molecule has 0 spiro atoms. The molecule has 1 N–H and O–H groups in total. The molecule has 0 atom stereocenters. The van der Waals surface area contributed by atoms with E-state index in [0.29, 0.717) is 5.06 Å². The van der Waals surface area contributed by atoms with Gasteiger partial charge in [0.1, 0.15) is 0 Å². The van der Waals surface area contributed by atoms with Gasteiger partial charge in [-0.05, 0) is 0 Å². The van der Waals surface area contributed by atoms with Crippen molar-refractivity contribution in [2.24, 2.45) is 0 Å². The van der Waals surface area contributed by atoms with Crippen LogP contribution in [0.1, 0.15) is 34.6 Å². The summed E-state index contributed by atoms with van der Waals surface area (Å²) >= 11 is 0. The molecule has 148 valence electrons. The van der Waals surface area contributed by atoms with Gasteiger partial charge in [-0.2, -0.15) is 0 Å². The van der Waals surface area contributed by atoms with Gasteiger partial charge in [-0.1, -0.05) is 0 Å². The Bertz CT molecular complexity index is 737. The lowest BCUT2D eigenvalue weighted by molar-refractivity contribution is -0.223. The van der Waals surface area contributed by atoms with Crippen molar-refractivity contribution in [3.05, 3.63) is 23.3 Å². The zero-order valence-corrected chi connectivity index (χ0v) is 15.2. The second kappa shape index (κ2) is 9.22. The van der Waals surface area contributed by atoms with Crippen LogP contribution in [0.2, 0.25) is 0 Å². The van der Waals surface area contributed by atoms with E-state index in [1.54, 1.807) is 0 Å². The summed E-state index contributed by atoms with van der Waals surface area (Å²) in [5.74, 6) is -5.49. The maximum Gasteiger partial charge on any atom is 0.342 e. The van der Waals surface area contributed by atoms with E-state index in [0.717, 1.165) is 34.6 Å². The van der Waals surface area contributed by atoms with Gasteiger partial charge in [0.2, 0.25) is 18.4 Å². The number of hydroxylamine groups is 2. The van der Waals surface area contributed by atoms with Crippen molar-refractivity contribution in [2.75, 3.05) is 6.73 Å². The van der Waals surface area contributed by atoms with E-state index in [4.69, 9.17) is 23.8 Å². The molecule has 1 rings (SSSR count). The van der Waals surface area contributed by atoms with Crippen LogP contribution in [0.15, 0.2) is 23.3 Å². The molecule has 0 fully saturated rings.